The van der Waals surface area contributed by atoms with Gasteiger partial charge in [0, 0.05) is 24.3 Å². The predicted octanol–water partition coefficient (Wildman–Crippen LogP) is 5.83. The van der Waals surface area contributed by atoms with Crippen LogP contribution in [0.5, 0.6) is 0 Å². The number of carbonyl (C=O) groups excluding carboxylic acids is 1. The third-order valence-corrected chi connectivity index (χ3v) is 14.5. The minimum Gasteiger partial charge on any atom is -0.481 e. The van der Waals surface area contributed by atoms with Gasteiger partial charge in [0.1, 0.15) is 12.2 Å². The van der Waals surface area contributed by atoms with Crippen LogP contribution in [0.25, 0.3) is 0 Å². The molecule has 3 saturated carbocycles. The van der Waals surface area contributed by atoms with Gasteiger partial charge in [-0.15, -0.1) is 0 Å². The number of aliphatic carboxylic acids is 1. The molecule has 2 bridgehead atoms. The zero-order chi connectivity index (χ0) is 33.0. The van der Waals surface area contributed by atoms with Crippen molar-refractivity contribution in [3.63, 3.8) is 0 Å². The number of hydrogen-bond donors (Lipinski definition) is 3. The van der Waals surface area contributed by atoms with Gasteiger partial charge >= 0.3 is 11.9 Å². The molecule has 0 radical (unpaired) electrons. The monoisotopic (exact) mass is 630 g/mol. The van der Waals surface area contributed by atoms with Gasteiger partial charge in [0.05, 0.1) is 25.7 Å². The van der Waals surface area contributed by atoms with Crippen LogP contribution in [0.15, 0.2) is 11.6 Å². The number of fused-ring (bicyclic) bond motifs is 3. The lowest BCUT2D eigenvalue weighted by atomic mass is 9.34. The fourth-order valence-corrected chi connectivity index (χ4v) is 11.8. The maximum Gasteiger partial charge on any atom is 0.307 e. The second-order valence-corrected chi connectivity index (χ2v) is 16.9. The van der Waals surface area contributed by atoms with E-state index in [0.29, 0.717) is 50.5 Å². The summed E-state index contributed by atoms with van der Waals surface area (Å²) in [4.78, 5) is 25.8. The highest BCUT2D eigenvalue weighted by Gasteiger charge is 2.72. The number of rotatable bonds is 11. The third-order valence-electron chi connectivity index (χ3n) is 14.5. The summed E-state index contributed by atoms with van der Waals surface area (Å²) in [5, 5.41) is 14.4. The molecule has 4 fully saturated rings. The summed E-state index contributed by atoms with van der Waals surface area (Å²) < 4.78 is 19.3. The molecule has 0 unspecified atom stereocenters. The fraction of sp³-hybridized carbons (Fsp3) is 0.892. The van der Waals surface area contributed by atoms with Crippen LogP contribution in [0.2, 0.25) is 0 Å². The van der Waals surface area contributed by atoms with Crippen molar-refractivity contribution in [1.82, 2.24) is 5.32 Å². The van der Waals surface area contributed by atoms with Gasteiger partial charge < -0.3 is 30.4 Å². The molecule has 0 amide bonds. The van der Waals surface area contributed by atoms with E-state index in [4.69, 9.17) is 19.9 Å². The van der Waals surface area contributed by atoms with E-state index >= 15 is 0 Å². The normalized spacial score (nSPS) is 44.7. The number of carboxylic acids is 1. The molecule has 5 aliphatic rings. The summed E-state index contributed by atoms with van der Waals surface area (Å²) in [5.74, 6) is 0.0275. The standard InChI is InChI=1S/C37H62N2O6/c1-23(2)24(3)33(5)14-15-35(7)26-10-11-29-34(6)21-43-22-37(29,27(26)12-13-36(35,8)30(33)32(41)42)20-28(45-25(4)40)31(34)44-19-18-39-17-9-16-38/h12,23-24,26,28-31,39H,9-11,13-22,38H2,1-8H3,(H,41,42)/t24-,26+,28-,29+,30-,31+,33-,34+,35-,36+,37+/m1/s1. The van der Waals surface area contributed by atoms with Gasteiger partial charge in [-0.1, -0.05) is 60.1 Å². The molecular weight excluding hydrogens is 568 g/mol. The van der Waals surface area contributed by atoms with Crippen LogP contribution in [0.1, 0.15) is 100 Å². The fourth-order valence-electron chi connectivity index (χ4n) is 11.8. The van der Waals surface area contributed by atoms with E-state index in [9.17, 15) is 14.7 Å². The number of nitrogens with two attached hydrogens (primary N) is 1. The van der Waals surface area contributed by atoms with Crippen LogP contribution in [-0.2, 0) is 23.8 Å². The van der Waals surface area contributed by atoms with E-state index in [0.717, 1.165) is 51.6 Å². The first kappa shape index (κ1) is 34.8. The number of allylic oxidation sites excluding steroid dienone is 1. The van der Waals surface area contributed by atoms with Crippen molar-refractivity contribution in [1.29, 1.82) is 0 Å². The molecule has 1 heterocycles. The van der Waals surface area contributed by atoms with Crippen molar-refractivity contribution in [2.24, 2.45) is 62.4 Å². The molecule has 5 rings (SSSR count). The first-order valence-electron chi connectivity index (χ1n) is 17.8. The van der Waals surface area contributed by atoms with Crippen LogP contribution >= 0.6 is 0 Å². The first-order valence-corrected chi connectivity index (χ1v) is 17.8. The van der Waals surface area contributed by atoms with Gasteiger partial charge in [0.15, 0.2) is 0 Å². The van der Waals surface area contributed by atoms with Gasteiger partial charge in [-0.2, -0.15) is 0 Å². The van der Waals surface area contributed by atoms with E-state index < -0.39 is 11.9 Å². The highest BCUT2D eigenvalue weighted by atomic mass is 16.6. The molecule has 0 aromatic carbocycles. The van der Waals surface area contributed by atoms with Crippen molar-refractivity contribution in [2.75, 3.05) is 39.5 Å². The van der Waals surface area contributed by atoms with E-state index in [1.54, 1.807) is 0 Å². The molecule has 0 aromatic rings. The zero-order valence-corrected chi connectivity index (χ0v) is 29.4. The average molecular weight is 631 g/mol. The number of nitrogens with one attached hydrogen (secondary N) is 1. The molecule has 45 heavy (non-hydrogen) atoms. The van der Waals surface area contributed by atoms with Crippen molar-refractivity contribution in [3.8, 4) is 0 Å². The van der Waals surface area contributed by atoms with Crippen molar-refractivity contribution >= 4 is 11.9 Å². The number of ether oxygens (including phenoxy) is 3. The van der Waals surface area contributed by atoms with Crippen LogP contribution in [0, 0.1) is 56.7 Å². The number of hydrogen-bond acceptors (Lipinski definition) is 7. The Morgan fingerprint density at radius 1 is 1.09 bits per heavy atom. The molecule has 8 heteroatoms. The quantitative estimate of drug-likeness (QED) is 0.148. The minimum atomic E-state index is -0.638. The summed E-state index contributed by atoms with van der Waals surface area (Å²) >= 11 is 0. The molecule has 1 aliphatic heterocycles. The molecule has 8 nitrogen and oxygen atoms in total. The summed E-state index contributed by atoms with van der Waals surface area (Å²) in [7, 11) is 0. The summed E-state index contributed by atoms with van der Waals surface area (Å²) in [5.41, 5.74) is 5.77. The maximum atomic E-state index is 13.3. The summed E-state index contributed by atoms with van der Waals surface area (Å²) in [6.45, 7) is 21.5. The molecule has 4 N–H and O–H groups in total. The molecule has 0 aromatic heterocycles. The SMILES string of the molecule is CC(=O)O[C@@H]1C[C@@]23COC[C@@](C)([C@@H]2CC[C@H]2C3=CC[C@@]3(C)[C@H](C(=O)O)[C@@](C)([C@H](C)C(C)C)CC[C@]23C)[C@H]1OCCNCCCN. The summed E-state index contributed by atoms with van der Waals surface area (Å²) in [6.07, 6.45) is 8.26. The van der Waals surface area contributed by atoms with Gasteiger partial charge in [0.25, 0.3) is 0 Å². The van der Waals surface area contributed by atoms with E-state index in [1.165, 1.54) is 12.5 Å². The molecule has 0 spiro atoms. The number of esters is 1. The highest BCUT2D eigenvalue weighted by Crippen LogP contribution is 2.75. The van der Waals surface area contributed by atoms with E-state index in [1.807, 2.05) is 0 Å². The Morgan fingerprint density at radius 2 is 1.82 bits per heavy atom. The smallest absolute Gasteiger partial charge is 0.307 e. The molecule has 1 saturated heterocycles. The number of carbonyl (C=O) groups is 2. The van der Waals surface area contributed by atoms with Crippen LogP contribution in [0.3, 0.4) is 0 Å². The number of carboxylic acid groups (broad SMARTS) is 1. The minimum absolute atomic E-state index is 0.149. The molecule has 256 valence electrons. The molecule has 4 aliphatic carbocycles. The molecular formula is C37H62N2O6. The highest BCUT2D eigenvalue weighted by molar-refractivity contribution is 5.73. The predicted molar refractivity (Wildman–Crippen MR) is 175 cm³/mol. The second kappa shape index (κ2) is 12.5. The first-order chi connectivity index (χ1) is 21.1. The lowest BCUT2D eigenvalue weighted by Gasteiger charge is -2.71. The largest absolute Gasteiger partial charge is 0.481 e. The van der Waals surface area contributed by atoms with Crippen molar-refractivity contribution in [3.05, 3.63) is 11.6 Å². The Morgan fingerprint density at radius 3 is 2.47 bits per heavy atom. The van der Waals surface area contributed by atoms with Gasteiger partial charge in [-0.3, -0.25) is 9.59 Å². The Hall–Kier alpha value is -1.48. The Labute approximate surface area is 272 Å². The van der Waals surface area contributed by atoms with E-state index in [-0.39, 0.29) is 51.2 Å². The van der Waals surface area contributed by atoms with E-state index in [2.05, 4.69) is 59.9 Å². The summed E-state index contributed by atoms with van der Waals surface area (Å²) in [6, 6.07) is 0. The van der Waals surface area contributed by atoms with Gasteiger partial charge in [0.2, 0.25) is 0 Å². The topological polar surface area (TPSA) is 120 Å². The second-order valence-electron chi connectivity index (χ2n) is 16.9. The lowest BCUT2D eigenvalue weighted by molar-refractivity contribution is -0.266. The third kappa shape index (κ3) is 5.32. The Bertz CT molecular complexity index is 1160. The maximum absolute atomic E-state index is 13.3. The Balaban J connectivity index is 1.51. The average Bonchev–Trinajstić information content (AvgIpc) is 2.95. The molecule has 11 atom stereocenters. The van der Waals surface area contributed by atoms with Crippen molar-refractivity contribution < 1.29 is 28.9 Å². The van der Waals surface area contributed by atoms with Gasteiger partial charge in [-0.05, 0) is 98.0 Å². The van der Waals surface area contributed by atoms with Crippen molar-refractivity contribution in [2.45, 2.75) is 113 Å². The Kier molecular flexibility index (Phi) is 9.69. The van der Waals surface area contributed by atoms with Crippen LogP contribution in [0.4, 0.5) is 0 Å². The van der Waals surface area contributed by atoms with Gasteiger partial charge in [-0.25, -0.2) is 0 Å². The zero-order valence-electron chi connectivity index (χ0n) is 29.4. The lowest BCUT2D eigenvalue weighted by Crippen LogP contribution is -2.70. The van der Waals surface area contributed by atoms with Crippen LogP contribution in [-0.4, -0.2) is 68.7 Å². The van der Waals surface area contributed by atoms with Crippen LogP contribution < -0.4 is 11.1 Å².